The van der Waals surface area contributed by atoms with Crippen LogP contribution in [0.15, 0.2) is 48.6 Å². The molecule has 0 spiro atoms. The van der Waals surface area contributed by atoms with E-state index in [1.165, 1.54) is 12.2 Å². The maximum absolute atomic E-state index is 14.7. The molecule has 0 bridgehead atoms. The lowest BCUT2D eigenvalue weighted by atomic mass is 9.62. The van der Waals surface area contributed by atoms with Gasteiger partial charge in [0.2, 0.25) is 5.91 Å². The van der Waals surface area contributed by atoms with Crippen molar-refractivity contribution in [2.45, 2.75) is 87.9 Å². The van der Waals surface area contributed by atoms with E-state index in [9.17, 15) is 41.5 Å². The number of alkyl halides is 6. The topological polar surface area (TPSA) is 85.2 Å². The Hall–Kier alpha value is -2.84. The number of hydrogen-bond donors (Lipinski definition) is 3. The summed E-state index contributed by atoms with van der Waals surface area (Å²) in [5.74, 6) is -1.06. The van der Waals surface area contributed by atoms with Gasteiger partial charge in [0.25, 0.3) is 6.43 Å². The highest BCUT2D eigenvalue weighted by Crippen LogP contribution is 2.51. The van der Waals surface area contributed by atoms with E-state index in [0.717, 1.165) is 19.9 Å². The molecule has 3 N–H and O–H groups in total. The van der Waals surface area contributed by atoms with Gasteiger partial charge in [-0.25, -0.2) is 13.2 Å². The summed E-state index contributed by atoms with van der Waals surface area (Å²) in [6.45, 7) is 2.75. The number of hydrogen-bond acceptors (Lipinski definition) is 4. The third-order valence-corrected chi connectivity index (χ3v) is 7.24. The minimum Gasteiger partial charge on any atom is -0.383 e. The number of benzene rings is 1. The lowest BCUT2D eigenvalue weighted by Gasteiger charge is -2.50. The summed E-state index contributed by atoms with van der Waals surface area (Å²) in [6.07, 6.45) is -6.20. The van der Waals surface area contributed by atoms with E-state index >= 15 is 0 Å². The predicted molar refractivity (Wildman–Crippen MR) is 130 cm³/mol. The van der Waals surface area contributed by atoms with E-state index in [1.807, 2.05) is 6.07 Å². The van der Waals surface area contributed by atoms with Crippen LogP contribution in [-0.2, 0) is 4.79 Å². The number of nitrogens with one attached hydrogen (secondary N) is 2. The van der Waals surface area contributed by atoms with Crippen molar-refractivity contribution in [1.29, 1.82) is 5.26 Å². The molecule has 38 heavy (non-hydrogen) atoms. The van der Waals surface area contributed by atoms with Gasteiger partial charge in [-0.1, -0.05) is 48.6 Å². The minimum atomic E-state index is -5.24. The smallest absolute Gasteiger partial charge is 0.383 e. The molecule has 5 nitrogen and oxygen atoms in total. The van der Waals surface area contributed by atoms with Crippen LogP contribution in [0.2, 0.25) is 0 Å². The molecule has 1 aromatic rings. The summed E-state index contributed by atoms with van der Waals surface area (Å²) in [4.78, 5) is 13.0. The van der Waals surface area contributed by atoms with Gasteiger partial charge in [-0.15, -0.1) is 0 Å². The molecule has 2 aliphatic carbocycles. The van der Waals surface area contributed by atoms with Crippen LogP contribution in [0.5, 0.6) is 0 Å². The second kappa shape index (κ2) is 10.4. The summed E-state index contributed by atoms with van der Waals surface area (Å²) in [5, 5.41) is 24.6. The second-order valence-corrected chi connectivity index (χ2v) is 10.9. The molecule has 0 aliphatic heterocycles. The Balaban J connectivity index is 2.07. The van der Waals surface area contributed by atoms with Crippen LogP contribution < -0.4 is 10.6 Å². The Kier molecular flexibility index (Phi) is 8.11. The van der Waals surface area contributed by atoms with E-state index in [1.54, 1.807) is 30.3 Å². The van der Waals surface area contributed by atoms with Gasteiger partial charge in [0.15, 0.2) is 0 Å². The number of amides is 1. The van der Waals surface area contributed by atoms with Crippen molar-refractivity contribution in [1.82, 2.24) is 10.6 Å². The van der Waals surface area contributed by atoms with Gasteiger partial charge in [-0.2, -0.15) is 18.4 Å². The molecule has 0 saturated heterocycles. The highest BCUT2D eigenvalue weighted by atomic mass is 19.4. The first-order valence-electron chi connectivity index (χ1n) is 12.2. The lowest BCUT2D eigenvalue weighted by molar-refractivity contribution is -0.230. The summed E-state index contributed by atoms with van der Waals surface area (Å²) < 4.78 is 87.1. The van der Waals surface area contributed by atoms with E-state index in [2.05, 4.69) is 10.6 Å². The zero-order valence-electron chi connectivity index (χ0n) is 21.2. The molecule has 1 fully saturated rings. The molecule has 11 heteroatoms. The van der Waals surface area contributed by atoms with Crippen molar-refractivity contribution in [3.63, 3.8) is 0 Å². The van der Waals surface area contributed by atoms with Crippen molar-refractivity contribution in [3.8, 4) is 6.07 Å². The molecule has 2 aliphatic rings. The molecule has 208 valence electrons. The maximum atomic E-state index is 14.7. The number of halogens is 6. The van der Waals surface area contributed by atoms with Crippen LogP contribution in [0.4, 0.5) is 26.3 Å². The molecule has 2 unspecified atom stereocenters. The fraction of sp³-hybridized carbons (Fsp3) is 0.556. The SMILES string of the molecule is CC(C)(F)C[C@H](NC(C(F)(F)F)C1([C@](C)(O)C(F)F)C=CC(c2ccccc2)=CC1)C(=O)NC1(C#N)CC1. The van der Waals surface area contributed by atoms with Crippen LogP contribution in [0.1, 0.15) is 52.0 Å². The molecule has 0 radical (unpaired) electrons. The monoisotopic (exact) mass is 543 g/mol. The van der Waals surface area contributed by atoms with Crippen LogP contribution in [-0.4, -0.2) is 52.5 Å². The van der Waals surface area contributed by atoms with Crippen molar-refractivity contribution in [2.24, 2.45) is 5.41 Å². The Morgan fingerprint density at radius 3 is 2.16 bits per heavy atom. The van der Waals surface area contributed by atoms with Crippen LogP contribution in [0, 0.1) is 16.7 Å². The number of nitrogens with zero attached hydrogens (tertiary/aromatic N) is 1. The third kappa shape index (κ3) is 6.24. The molecular formula is C27H31F6N3O2. The van der Waals surface area contributed by atoms with E-state index < -0.39 is 65.7 Å². The fourth-order valence-electron chi connectivity index (χ4n) is 4.74. The number of nitriles is 1. The van der Waals surface area contributed by atoms with Crippen LogP contribution in [0.25, 0.3) is 5.57 Å². The highest BCUT2D eigenvalue weighted by molar-refractivity contribution is 5.83. The molecule has 3 rings (SSSR count). The fourth-order valence-corrected chi connectivity index (χ4v) is 4.74. The van der Waals surface area contributed by atoms with Gasteiger partial charge in [0, 0.05) is 6.42 Å². The van der Waals surface area contributed by atoms with Gasteiger partial charge in [0.1, 0.15) is 22.9 Å². The van der Waals surface area contributed by atoms with Gasteiger partial charge >= 0.3 is 6.18 Å². The number of carbonyl (C=O) groups is 1. The normalized spacial score (nSPS) is 24.1. The minimum absolute atomic E-state index is 0.281. The Morgan fingerprint density at radius 1 is 1.13 bits per heavy atom. The van der Waals surface area contributed by atoms with Gasteiger partial charge in [-0.3, -0.25) is 10.1 Å². The highest BCUT2D eigenvalue weighted by Gasteiger charge is 2.64. The Labute approximate surface area is 217 Å². The van der Waals surface area contributed by atoms with E-state index in [-0.39, 0.29) is 12.8 Å². The number of aliphatic hydroxyl groups is 1. The predicted octanol–water partition coefficient (Wildman–Crippen LogP) is 5.23. The lowest BCUT2D eigenvalue weighted by Crippen LogP contribution is -2.68. The van der Waals surface area contributed by atoms with E-state index in [4.69, 9.17) is 0 Å². The maximum Gasteiger partial charge on any atom is 0.404 e. The van der Waals surface area contributed by atoms with Gasteiger partial charge < -0.3 is 10.4 Å². The molecule has 4 atom stereocenters. The first-order valence-corrected chi connectivity index (χ1v) is 12.2. The standard InChI is InChI=1S/C27H31F6N3O2/c1-23(2,30)15-19(20(37)36-25(16-34)13-14-25)35-21(27(31,32)33)26(24(3,38)22(28)29)11-9-18(10-12-26)17-7-5-4-6-8-17/h4-11,19,21-22,35,38H,12-15H2,1-3H3,(H,36,37)/t19-,21?,24+,26?/m0/s1. The molecule has 1 amide bonds. The second-order valence-electron chi connectivity index (χ2n) is 10.9. The van der Waals surface area contributed by atoms with Gasteiger partial charge in [-0.05, 0) is 51.2 Å². The quantitative estimate of drug-likeness (QED) is 0.353. The molecule has 1 aromatic carbocycles. The summed E-state index contributed by atoms with van der Waals surface area (Å²) >= 11 is 0. The van der Waals surface area contributed by atoms with Gasteiger partial charge in [0.05, 0.1) is 17.5 Å². The van der Waals surface area contributed by atoms with Crippen LogP contribution in [0.3, 0.4) is 0 Å². The van der Waals surface area contributed by atoms with E-state index in [0.29, 0.717) is 18.1 Å². The molecule has 0 heterocycles. The van der Waals surface area contributed by atoms with Crippen LogP contribution >= 0.6 is 0 Å². The number of carbonyl (C=O) groups excluding carboxylic acids is 1. The first kappa shape index (κ1) is 29.7. The molecular weight excluding hydrogens is 512 g/mol. The van der Waals surface area contributed by atoms with Crippen molar-refractivity contribution in [3.05, 3.63) is 54.1 Å². The molecule has 1 saturated carbocycles. The Bertz CT molecular complexity index is 1110. The molecule has 0 aromatic heterocycles. The average molecular weight is 544 g/mol. The number of allylic oxidation sites excluding steroid dienone is 3. The Morgan fingerprint density at radius 2 is 1.74 bits per heavy atom. The van der Waals surface area contributed by atoms with Crippen molar-refractivity contribution < 1.29 is 36.2 Å². The third-order valence-electron chi connectivity index (χ3n) is 7.24. The summed E-state index contributed by atoms with van der Waals surface area (Å²) in [5.41, 5.74) is -8.15. The largest absolute Gasteiger partial charge is 0.404 e. The number of rotatable bonds is 10. The first-order chi connectivity index (χ1) is 17.5. The van der Waals surface area contributed by atoms with Crippen molar-refractivity contribution in [2.75, 3.05) is 0 Å². The van der Waals surface area contributed by atoms with Crippen molar-refractivity contribution >= 4 is 11.5 Å². The zero-order valence-corrected chi connectivity index (χ0v) is 21.2. The summed E-state index contributed by atoms with van der Waals surface area (Å²) in [6, 6.07) is 5.70. The zero-order chi connectivity index (χ0) is 28.6. The average Bonchev–Trinajstić information content (AvgIpc) is 3.60. The summed E-state index contributed by atoms with van der Waals surface area (Å²) in [7, 11) is 0.